The van der Waals surface area contributed by atoms with Crippen molar-refractivity contribution in [2.24, 2.45) is 0 Å². The van der Waals surface area contributed by atoms with Gasteiger partial charge in [0.15, 0.2) is 5.65 Å². The van der Waals surface area contributed by atoms with Crippen molar-refractivity contribution in [2.75, 3.05) is 18.0 Å². The second-order valence-electron chi connectivity index (χ2n) is 5.53. The summed E-state index contributed by atoms with van der Waals surface area (Å²) >= 11 is 0. The van der Waals surface area contributed by atoms with E-state index in [1.807, 2.05) is 6.92 Å². The fourth-order valence-corrected chi connectivity index (χ4v) is 2.99. The zero-order valence-electron chi connectivity index (χ0n) is 11.8. The molecule has 0 bridgehead atoms. The maximum atomic E-state index is 4.87. The first-order valence-electron chi connectivity index (χ1n) is 7.11. The Bertz CT molecular complexity index is 799. The number of benzene rings is 1. The summed E-state index contributed by atoms with van der Waals surface area (Å²) in [5, 5.41) is 9.70. The minimum absolute atomic E-state index is 0.901. The third kappa shape index (κ3) is 1.59. The van der Waals surface area contributed by atoms with E-state index in [2.05, 4.69) is 44.6 Å². The van der Waals surface area contributed by atoms with Gasteiger partial charge in [-0.15, -0.1) is 10.2 Å². The quantitative estimate of drug-likeness (QED) is 0.679. The highest BCUT2D eigenvalue weighted by Crippen LogP contribution is 2.26. The van der Waals surface area contributed by atoms with Gasteiger partial charge in [-0.25, -0.2) is 9.38 Å². The average molecular weight is 267 g/mol. The molecule has 2 aromatic heterocycles. The smallest absolute Gasteiger partial charge is 0.213 e. The lowest BCUT2D eigenvalue weighted by Gasteiger charge is -2.19. The maximum absolute atomic E-state index is 4.87. The van der Waals surface area contributed by atoms with Crippen molar-refractivity contribution in [1.82, 2.24) is 19.6 Å². The van der Waals surface area contributed by atoms with E-state index in [-0.39, 0.29) is 0 Å². The molecule has 5 nitrogen and oxygen atoms in total. The molecule has 102 valence electrons. The molecule has 20 heavy (non-hydrogen) atoms. The van der Waals surface area contributed by atoms with Gasteiger partial charge in [-0.2, -0.15) is 0 Å². The van der Waals surface area contributed by atoms with Gasteiger partial charge in [0, 0.05) is 18.5 Å². The molecule has 1 aliphatic rings. The van der Waals surface area contributed by atoms with Gasteiger partial charge in [-0.1, -0.05) is 11.6 Å². The molecule has 0 unspecified atom stereocenters. The Morgan fingerprint density at radius 3 is 2.65 bits per heavy atom. The Morgan fingerprint density at radius 2 is 1.85 bits per heavy atom. The molecular weight excluding hydrogens is 250 g/mol. The monoisotopic (exact) mass is 267 g/mol. The largest absolute Gasteiger partial charge is 0.342 e. The van der Waals surface area contributed by atoms with Crippen LogP contribution in [0.4, 0.5) is 5.95 Å². The Balaban J connectivity index is 2.10. The highest BCUT2D eigenvalue weighted by atomic mass is 15.4. The topological polar surface area (TPSA) is 46.3 Å². The Labute approximate surface area is 117 Å². The first-order chi connectivity index (χ1) is 9.74. The summed E-state index contributed by atoms with van der Waals surface area (Å²) in [5.41, 5.74) is 3.13. The molecule has 0 radical (unpaired) electrons. The number of hydrogen-bond acceptors (Lipinski definition) is 4. The minimum Gasteiger partial charge on any atom is -0.342 e. The predicted octanol–water partition coefficient (Wildman–Crippen LogP) is 2.49. The lowest BCUT2D eigenvalue weighted by Crippen LogP contribution is -2.22. The highest BCUT2D eigenvalue weighted by Gasteiger charge is 2.20. The number of rotatable bonds is 1. The number of aromatic nitrogens is 4. The first kappa shape index (κ1) is 11.6. The fourth-order valence-electron chi connectivity index (χ4n) is 2.99. The zero-order chi connectivity index (χ0) is 13.7. The van der Waals surface area contributed by atoms with Crippen LogP contribution >= 0.6 is 0 Å². The van der Waals surface area contributed by atoms with E-state index in [0.29, 0.717) is 0 Å². The Kier molecular flexibility index (Phi) is 2.42. The molecule has 3 aromatic rings. The summed E-state index contributed by atoms with van der Waals surface area (Å²) < 4.78 is 2.09. The zero-order valence-corrected chi connectivity index (χ0v) is 11.8. The lowest BCUT2D eigenvalue weighted by atomic mass is 10.1. The SMILES string of the molecule is Cc1ccc2nc(N3CCCC3)n3c(C)nnc3c2c1. The van der Waals surface area contributed by atoms with Gasteiger partial charge in [-0.05, 0) is 38.8 Å². The molecule has 0 amide bonds. The van der Waals surface area contributed by atoms with Crippen molar-refractivity contribution < 1.29 is 0 Å². The van der Waals surface area contributed by atoms with Gasteiger partial charge >= 0.3 is 0 Å². The Hall–Kier alpha value is -2.17. The molecule has 0 saturated carbocycles. The first-order valence-corrected chi connectivity index (χ1v) is 7.11. The van der Waals surface area contributed by atoms with E-state index < -0.39 is 0 Å². The van der Waals surface area contributed by atoms with Gasteiger partial charge in [0.1, 0.15) is 5.82 Å². The van der Waals surface area contributed by atoms with Crippen LogP contribution in [0.25, 0.3) is 16.6 Å². The van der Waals surface area contributed by atoms with Crippen LogP contribution in [0.1, 0.15) is 24.2 Å². The van der Waals surface area contributed by atoms with Crippen LogP contribution in [0.15, 0.2) is 18.2 Å². The summed E-state index contributed by atoms with van der Waals surface area (Å²) in [7, 11) is 0. The van der Waals surface area contributed by atoms with Crippen LogP contribution in [0.2, 0.25) is 0 Å². The molecule has 4 rings (SSSR count). The maximum Gasteiger partial charge on any atom is 0.213 e. The fraction of sp³-hybridized carbons (Fsp3) is 0.400. The van der Waals surface area contributed by atoms with Crippen LogP contribution < -0.4 is 4.90 Å². The summed E-state index contributed by atoms with van der Waals surface area (Å²) in [5.74, 6) is 1.88. The van der Waals surface area contributed by atoms with Crippen LogP contribution in [-0.2, 0) is 0 Å². The summed E-state index contributed by atoms with van der Waals surface area (Å²) in [6.07, 6.45) is 2.46. The van der Waals surface area contributed by atoms with Gasteiger partial charge < -0.3 is 4.90 Å². The van der Waals surface area contributed by atoms with Crippen molar-refractivity contribution in [3.63, 3.8) is 0 Å². The molecule has 0 atom stereocenters. The normalized spacial score (nSPS) is 15.6. The van der Waals surface area contributed by atoms with Crippen molar-refractivity contribution in [1.29, 1.82) is 0 Å². The standard InChI is InChI=1S/C15H17N5/c1-10-5-6-13-12(9-10)14-18-17-11(2)20(14)15(16-13)19-7-3-4-8-19/h5-6,9H,3-4,7-8H2,1-2H3. The van der Waals surface area contributed by atoms with Crippen molar-refractivity contribution in [3.05, 3.63) is 29.6 Å². The molecule has 1 saturated heterocycles. The summed E-state index contributed by atoms with van der Waals surface area (Å²) in [4.78, 5) is 7.20. The van der Waals surface area contributed by atoms with Crippen LogP contribution in [0.5, 0.6) is 0 Å². The molecule has 1 aromatic carbocycles. The second-order valence-corrected chi connectivity index (χ2v) is 5.53. The van der Waals surface area contributed by atoms with E-state index in [1.165, 1.54) is 18.4 Å². The van der Waals surface area contributed by atoms with E-state index in [1.54, 1.807) is 0 Å². The van der Waals surface area contributed by atoms with Crippen LogP contribution in [-0.4, -0.2) is 32.7 Å². The highest BCUT2D eigenvalue weighted by molar-refractivity contribution is 5.93. The minimum atomic E-state index is 0.901. The lowest BCUT2D eigenvalue weighted by molar-refractivity contribution is 0.868. The van der Waals surface area contributed by atoms with Crippen molar-refractivity contribution in [3.8, 4) is 0 Å². The van der Waals surface area contributed by atoms with E-state index in [9.17, 15) is 0 Å². The summed E-state index contributed by atoms with van der Waals surface area (Å²) in [6, 6.07) is 6.32. The summed E-state index contributed by atoms with van der Waals surface area (Å²) in [6.45, 7) is 6.21. The molecular formula is C15H17N5. The van der Waals surface area contributed by atoms with Crippen molar-refractivity contribution in [2.45, 2.75) is 26.7 Å². The van der Waals surface area contributed by atoms with Gasteiger partial charge in [0.2, 0.25) is 5.95 Å². The number of nitrogens with zero attached hydrogens (tertiary/aromatic N) is 5. The van der Waals surface area contributed by atoms with E-state index >= 15 is 0 Å². The van der Waals surface area contributed by atoms with E-state index in [0.717, 1.165) is 41.4 Å². The molecule has 0 spiro atoms. The average Bonchev–Trinajstić information content (AvgIpc) is 3.08. The number of fused-ring (bicyclic) bond motifs is 3. The second kappa shape index (κ2) is 4.16. The number of anilines is 1. The molecule has 1 aliphatic heterocycles. The third-order valence-corrected chi connectivity index (χ3v) is 4.03. The molecule has 0 N–H and O–H groups in total. The number of hydrogen-bond donors (Lipinski definition) is 0. The molecule has 0 aliphatic carbocycles. The van der Waals surface area contributed by atoms with Gasteiger partial charge in [0.05, 0.1) is 5.52 Å². The molecule has 1 fully saturated rings. The third-order valence-electron chi connectivity index (χ3n) is 4.03. The van der Waals surface area contributed by atoms with Gasteiger partial charge in [0.25, 0.3) is 0 Å². The Morgan fingerprint density at radius 1 is 1.05 bits per heavy atom. The van der Waals surface area contributed by atoms with E-state index in [4.69, 9.17) is 4.98 Å². The van der Waals surface area contributed by atoms with Crippen LogP contribution in [0.3, 0.4) is 0 Å². The molecule has 5 heteroatoms. The van der Waals surface area contributed by atoms with Gasteiger partial charge in [-0.3, -0.25) is 0 Å². The van der Waals surface area contributed by atoms with Crippen molar-refractivity contribution >= 4 is 22.5 Å². The number of aryl methyl sites for hydroxylation is 2. The predicted molar refractivity (Wildman–Crippen MR) is 79.2 cm³/mol. The van der Waals surface area contributed by atoms with Crippen LogP contribution in [0, 0.1) is 13.8 Å². The molecule has 3 heterocycles.